The van der Waals surface area contributed by atoms with Gasteiger partial charge in [-0.1, -0.05) is 19.1 Å². The van der Waals surface area contributed by atoms with E-state index in [4.69, 9.17) is 0 Å². The lowest BCUT2D eigenvalue weighted by Crippen LogP contribution is -2.55. The van der Waals surface area contributed by atoms with E-state index in [-0.39, 0.29) is 33.6 Å². The van der Waals surface area contributed by atoms with E-state index in [1.54, 1.807) is 31.2 Å². The summed E-state index contributed by atoms with van der Waals surface area (Å²) >= 11 is 0. The largest absolute Gasteiger partial charge is 0.349 e. The lowest BCUT2D eigenvalue weighted by Gasteiger charge is -2.59. The van der Waals surface area contributed by atoms with Crippen LogP contribution in [0.15, 0.2) is 29.2 Å². The van der Waals surface area contributed by atoms with Crippen molar-refractivity contribution in [3.63, 3.8) is 0 Å². The number of hydrogen-bond acceptors (Lipinski definition) is 3. The highest BCUT2D eigenvalue weighted by atomic mass is 32.2. The summed E-state index contributed by atoms with van der Waals surface area (Å²) in [5.74, 6) is 2.23. The van der Waals surface area contributed by atoms with Gasteiger partial charge in [-0.15, -0.1) is 0 Å². The van der Waals surface area contributed by atoms with E-state index in [0.717, 1.165) is 17.8 Å². The summed E-state index contributed by atoms with van der Waals surface area (Å²) in [5.41, 5.74) is 0.495. The van der Waals surface area contributed by atoms with E-state index < -0.39 is 9.84 Å². The first kappa shape index (κ1) is 18.0. The van der Waals surface area contributed by atoms with Gasteiger partial charge in [0.1, 0.15) is 0 Å². The zero-order valence-corrected chi connectivity index (χ0v) is 16.5. The number of nitrogens with one attached hydrogen (secondary N) is 1. The number of amides is 1. The number of sulfone groups is 1. The lowest BCUT2D eigenvalue weighted by atomic mass is 9.48. The van der Waals surface area contributed by atoms with Gasteiger partial charge in [-0.2, -0.15) is 0 Å². The zero-order valence-electron chi connectivity index (χ0n) is 15.7. The molecule has 1 unspecified atom stereocenters. The van der Waals surface area contributed by atoms with Crippen LogP contribution in [0.1, 0.15) is 62.7 Å². The van der Waals surface area contributed by atoms with Crippen LogP contribution in [-0.2, 0) is 9.84 Å². The first-order valence-electron chi connectivity index (χ1n) is 9.95. The Morgan fingerprint density at radius 1 is 1.12 bits per heavy atom. The van der Waals surface area contributed by atoms with Gasteiger partial charge in [-0.05, 0) is 80.8 Å². The minimum Gasteiger partial charge on any atom is -0.349 e. The van der Waals surface area contributed by atoms with Gasteiger partial charge in [0, 0.05) is 6.04 Å². The molecule has 0 aliphatic heterocycles. The van der Waals surface area contributed by atoms with Crippen LogP contribution < -0.4 is 5.32 Å². The zero-order chi connectivity index (χ0) is 18.5. The Hall–Kier alpha value is -1.36. The average molecular weight is 376 g/mol. The van der Waals surface area contributed by atoms with E-state index >= 15 is 0 Å². The molecule has 4 aliphatic rings. The molecule has 1 atom stereocenters. The highest BCUT2D eigenvalue weighted by molar-refractivity contribution is 7.91. The van der Waals surface area contributed by atoms with Gasteiger partial charge in [0.15, 0.2) is 9.84 Å². The molecule has 4 saturated carbocycles. The third-order valence-corrected chi connectivity index (χ3v) is 8.98. The summed E-state index contributed by atoms with van der Waals surface area (Å²) in [5, 5.41) is 3.19. The molecule has 0 spiro atoms. The van der Waals surface area contributed by atoms with Crippen molar-refractivity contribution >= 4 is 15.7 Å². The fourth-order valence-corrected chi connectivity index (χ4v) is 7.31. The van der Waals surface area contributed by atoms with Crippen molar-refractivity contribution in [1.82, 2.24) is 5.32 Å². The second kappa shape index (κ2) is 6.36. The first-order valence-corrected chi connectivity index (χ1v) is 11.6. The Kier molecular flexibility index (Phi) is 4.41. The molecule has 4 fully saturated rings. The minimum atomic E-state index is -3.42. The molecule has 0 saturated heterocycles. The Labute approximate surface area is 156 Å². The molecule has 142 valence electrons. The maximum absolute atomic E-state index is 13.0. The summed E-state index contributed by atoms with van der Waals surface area (Å²) < 4.78 is 24.7. The molecule has 1 N–H and O–H groups in total. The Balaban J connectivity index is 1.56. The topological polar surface area (TPSA) is 63.2 Å². The van der Waals surface area contributed by atoms with Crippen LogP contribution >= 0.6 is 0 Å². The molecule has 0 aromatic heterocycles. The van der Waals surface area contributed by atoms with Gasteiger partial charge < -0.3 is 5.32 Å². The summed E-state index contributed by atoms with van der Waals surface area (Å²) in [7, 11) is -3.42. The van der Waals surface area contributed by atoms with E-state index in [1.165, 1.54) is 38.5 Å². The van der Waals surface area contributed by atoms with Crippen LogP contribution in [0.2, 0.25) is 0 Å². The summed E-state index contributed by atoms with van der Waals surface area (Å²) in [6, 6.07) is 6.68. The molecule has 1 aromatic rings. The molecule has 4 bridgehead atoms. The third-order valence-electron chi connectivity index (χ3n) is 7.20. The SMILES string of the molecule is CCS(=O)(=O)c1ccccc1C(=O)NC(C)C12CC3CC(CC(C3)C1)C2. The van der Waals surface area contributed by atoms with Crippen molar-refractivity contribution in [1.29, 1.82) is 0 Å². The van der Waals surface area contributed by atoms with Crippen LogP contribution in [0, 0.1) is 23.2 Å². The average Bonchev–Trinajstić information content (AvgIpc) is 2.60. The number of carbonyl (C=O) groups is 1. The van der Waals surface area contributed by atoms with E-state index in [2.05, 4.69) is 12.2 Å². The van der Waals surface area contributed by atoms with Gasteiger partial charge in [0.25, 0.3) is 5.91 Å². The van der Waals surface area contributed by atoms with Crippen LogP contribution in [0.25, 0.3) is 0 Å². The smallest absolute Gasteiger partial charge is 0.252 e. The van der Waals surface area contributed by atoms with Crippen molar-refractivity contribution in [2.45, 2.75) is 63.3 Å². The predicted molar refractivity (Wildman–Crippen MR) is 102 cm³/mol. The molecular weight excluding hydrogens is 346 g/mol. The fourth-order valence-electron chi connectivity index (χ4n) is 6.22. The molecule has 1 aromatic carbocycles. The summed E-state index contributed by atoms with van der Waals surface area (Å²) in [6.07, 6.45) is 7.77. The Morgan fingerprint density at radius 2 is 1.65 bits per heavy atom. The molecular formula is C21H29NO3S. The monoisotopic (exact) mass is 375 g/mol. The quantitative estimate of drug-likeness (QED) is 0.851. The predicted octanol–water partition coefficient (Wildman–Crippen LogP) is 3.81. The normalized spacial score (nSPS) is 33.8. The Bertz CT molecular complexity index is 779. The van der Waals surface area contributed by atoms with Gasteiger partial charge in [0.05, 0.1) is 16.2 Å². The van der Waals surface area contributed by atoms with E-state index in [1.807, 2.05) is 0 Å². The summed E-state index contributed by atoms with van der Waals surface area (Å²) in [6.45, 7) is 3.74. The highest BCUT2D eigenvalue weighted by Gasteiger charge is 2.53. The maximum Gasteiger partial charge on any atom is 0.252 e. The second-order valence-corrected chi connectivity index (χ2v) is 11.1. The van der Waals surface area contributed by atoms with Gasteiger partial charge in [0.2, 0.25) is 0 Å². The van der Waals surface area contributed by atoms with Crippen LogP contribution in [0.3, 0.4) is 0 Å². The van der Waals surface area contributed by atoms with Crippen molar-refractivity contribution in [2.24, 2.45) is 23.2 Å². The molecule has 5 heteroatoms. The standard InChI is InChI=1S/C21H29NO3S/c1-3-26(24,25)19-7-5-4-6-18(19)20(23)22-14(2)21-11-15-8-16(12-21)10-17(9-15)13-21/h4-7,14-17H,3,8-13H2,1-2H3,(H,22,23). The molecule has 0 heterocycles. The number of rotatable bonds is 5. The van der Waals surface area contributed by atoms with Crippen molar-refractivity contribution in [2.75, 3.05) is 5.75 Å². The molecule has 0 radical (unpaired) electrons. The van der Waals surface area contributed by atoms with Crippen LogP contribution in [-0.4, -0.2) is 26.1 Å². The van der Waals surface area contributed by atoms with E-state index in [0.29, 0.717) is 0 Å². The van der Waals surface area contributed by atoms with Crippen molar-refractivity contribution in [3.05, 3.63) is 29.8 Å². The molecule has 5 rings (SSSR count). The van der Waals surface area contributed by atoms with Gasteiger partial charge in [-0.3, -0.25) is 4.79 Å². The van der Waals surface area contributed by atoms with Gasteiger partial charge in [-0.25, -0.2) is 8.42 Å². The second-order valence-electron chi connectivity index (χ2n) is 8.87. The number of carbonyl (C=O) groups excluding carboxylic acids is 1. The van der Waals surface area contributed by atoms with Crippen LogP contribution in [0.5, 0.6) is 0 Å². The number of hydrogen-bond donors (Lipinski definition) is 1. The van der Waals surface area contributed by atoms with Crippen molar-refractivity contribution in [3.8, 4) is 0 Å². The minimum absolute atomic E-state index is 0.00181. The molecule has 4 aliphatic carbocycles. The third kappa shape index (κ3) is 2.98. The highest BCUT2D eigenvalue weighted by Crippen LogP contribution is 2.61. The fraction of sp³-hybridized carbons (Fsp3) is 0.667. The maximum atomic E-state index is 13.0. The van der Waals surface area contributed by atoms with Crippen molar-refractivity contribution < 1.29 is 13.2 Å². The molecule has 4 nitrogen and oxygen atoms in total. The lowest BCUT2D eigenvalue weighted by molar-refractivity contribution is -0.0688. The first-order chi connectivity index (χ1) is 12.3. The van der Waals surface area contributed by atoms with Crippen LogP contribution in [0.4, 0.5) is 0 Å². The molecule has 1 amide bonds. The summed E-state index contributed by atoms with van der Waals surface area (Å²) in [4.78, 5) is 13.1. The Morgan fingerprint density at radius 3 is 2.19 bits per heavy atom. The van der Waals surface area contributed by atoms with Gasteiger partial charge >= 0.3 is 0 Å². The molecule has 26 heavy (non-hydrogen) atoms. The van der Waals surface area contributed by atoms with E-state index in [9.17, 15) is 13.2 Å². The number of benzene rings is 1.